The number of hydrogen-bond acceptors (Lipinski definition) is 3. The minimum absolute atomic E-state index is 0. The molecule has 3 N–H and O–H groups in total. The van der Waals surface area contributed by atoms with Crippen molar-refractivity contribution in [2.75, 3.05) is 26.2 Å². The van der Waals surface area contributed by atoms with E-state index in [0.717, 1.165) is 26.1 Å². The molecule has 5 heteroatoms. The molecule has 0 radical (unpaired) electrons. The summed E-state index contributed by atoms with van der Waals surface area (Å²) >= 11 is 0. The van der Waals surface area contributed by atoms with Gasteiger partial charge in [0.25, 0.3) is 0 Å². The van der Waals surface area contributed by atoms with E-state index >= 15 is 0 Å². The fourth-order valence-corrected chi connectivity index (χ4v) is 2.41. The topological polar surface area (TPSA) is 58.4 Å². The molecule has 1 rings (SSSR count). The third-order valence-electron chi connectivity index (χ3n) is 3.47. The van der Waals surface area contributed by atoms with Crippen LogP contribution >= 0.6 is 12.4 Å². The minimum atomic E-state index is -0.0458. The first-order valence-corrected chi connectivity index (χ1v) is 6.51. The molecule has 1 aliphatic heterocycles. The van der Waals surface area contributed by atoms with Gasteiger partial charge in [0.05, 0.1) is 6.04 Å². The third-order valence-corrected chi connectivity index (χ3v) is 3.47. The van der Waals surface area contributed by atoms with Crippen LogP contribution in [0.15, 0.2) is 12.7 Å². The largest absolute Gasteiger partial charge is 0.351 e. The summed E-state index contributed by atoms with van der Waals surface area (Å²) in [7, 11) is 0. The molecule has 2 atom stereocenters. The molecule has 2 unspecified atom stereocenters. The summed E-state index contributed by atoms with van der Waals surface area (Å²) in [6.07, 6.45) is 5.19. The molecule has 18 heavy (non-hydrogen) atoms. The fraction of sp³-hybridized carbons (Fsp3) is 0.769. The van der Waals surface area contributed by atoms with Gasteiger partial charge in [0.15, 0.2) is 0 Å². The van der Waals surface area contributed by atoms with E-state index in [0.29, 0.717) is 12.5 Å². The van der Waals surface area contributed by atoms with Crippen LogP contribution in [0.3, 0.4) is 0 Å². The van der Waals surface area contributed by atoms with Gasteiger partial charge in [-0.1, -0.05) is 6.08 Å². The first-order valence-electron chi connectivity index (χ1n) is 6.51. The summed E-state index contributed by atoms with van der Waals surface area (Å²) in [5.41, 5.74) is 5.60. The second-order valence-electron chi connectivity index (χ2n) is 4.79. The zero-order valence-corrected chi connectivity index (χ0v) is 12.0. The van der Waals surface area contributed by atoms with E-state index in [2.05, 4.69) is 16.8 Å². The van der Waals surface area contributed by atoms with Gasteiger partial charge in [-0.15, -0.1) is 19.0 Å². The molecule has 1 aliphatic rings. The first-order chi connectivity index (χ1) is 8.19. The quantitative estimate of drug-likeness (QED) is 0.715. The molecule has 0 aromatic carbocycles. The summed E-state index contributed by atoms with van der Waals surface area (Å²) in [6, 6.07) is -0.0458. The standard InChI is InChI=1S/C13H25N3O.ClH/c1-3-8-15-13(17)11(2)16-9-4-5-12(10-16)6-7-14;/h3,11-12H,1,4-10,14H2,2H3,(H,15,17);1H. The Morgan fingerprint density at radius 3 is 3.00 bits per heavy atom. The highest BCUT2D eigenvalue weighted by Crippen LogP contribution is 2.20. The van der Waals surface area contributed by atoms with E-state index in [1.165, 1.54) is 12.8 Å². The van der Waals surface area contributed by atoms with E-state index in [4.69, 9.17) is 5.73 Å². The number of carbonyl (C=O) groups excluding carboxylic acids is 1. The predicted octanol–water partition coefficient (Wildman–Crippen LogP) is 1.16. The Balaban J connectivity index is 0.00000289. The SMILES string of the molecule is C=CCNC(=O)C(C)N1CCCC(CCN)C1.Cl. The number of halogens is 1. The van der Waals surface area contributed by atoms with Crippen LogP contribution in [0.5, 0.6) is 0 Å². The van der Waals surface area contributed by atoms with Gasteiger partial charge >= 0.3 is 0 Å². The lowest BCUT2D eigenvalue weighted by Gasteiger charge is -2.36. The van der Waals surface area contributed by atoms with Gasteiger partial charge in [-0.3, -0.25) is 9.69 Å². The van der Waals surface area contributed by atoms with Crippen molar-refractivity contribution in [2.45, 2.75) is 32.2 Å². The summed E-state index contributed by atoms with van der Waals surface area (Å²) in [5, 5.41) is 2.85. The lowest BCUT2D eigenvalue weighted by molar-refractivity contribution is -0.126. The molecule has 0 aliphatic carbocycles. The Kier molecular flexibility index (Phi) is 9.06. The molecule has 106 valence electrons. The minimum Gasteiger partial charge on any atom is -0.351 e. The van der Waals surface area contributed by atoms with Crippen LogP contribution in [0.2, 0.25) is 0 Å². The number of nitrogens with zero attached hydrogens (tertiary/aromatic N) is 1. The summed E-state index contributed by atoms with van der Waals surface area (Å²) in [5.74, 6) is 0.752. The Morgan fingerprint density at radius 1 is 1.67 bits per heavy atom. The van der Waals surface area contributed by atoms with Crippen molar-refractivity contribution < 1.29 is 4.79 Å². The highest BCUT2D eigenvalue weighted by molar-refractivity contribution is 5.85. The summed E-state index contributed by atoms with van der Waals surface area (Å²) in [6.45, 7) is 8.88. The van der Waals surface area contributed by atoms with Crippen LogP contribution in [0.1, 0.15) is 26.2 Å². The summed E-state index contributed by atoms with van der Waals surface area (Å²) in [4.78, 5) is 14.1. The van der Waals surface area contributed by atoms with Crippen LogP contribution < -0.4 is 11.1 Å². The second kappa shape index (κ2) is 9.36. The molecule has 0 aromatic rings. The monoisotopic (exact) mass is 275 g/mol. The Labute approximate surface area is 116 Å². The van der Waals surface area contributed by atoms with E-state index in [9.17, 15) is 4.79 Å². The van der Waals surface area contributed by atoms with Gasteiger partial charge in [0, 0.05) is 13.1 Å². The highest BCUT2D eigenvalue weighted by atomic mass is 35.5. The average molecular weight is 276 g/mol. The van der Waals surface area contributed by atoms with E-state index in [-0.39, 0.29) is 24.4 Å². The van der Waals surface area contributed by atoms with Gasteiger partial charge in [0.1, 0.15) is 0 Å². The number of hydrogen-bond donors (Lipinski definition) is 2. The number of carbonyl (C=O) groups is 1. The van der Waals surface area contributed by atoms with Crippen molar-refractivity contribution in [1.82, 2.24) is 10.2 Å². The molecule has 1 amide bonds. The molecule has 1 fully saturated rings. The van der Waals surface area contributed by atoms with Gasteiger partial charge in [-0.2, -0.15) is 0 Å². The number of piperidine rings is 1. The van der Waals surface area contributed by atoms with Gasteiger partial charge in [-0.05, 0) is 45.2 Å². The van der Waals surface area contributed by atoms with Crippen LogP contribution in [0.25, 0.3) is 0 Å². The summed E-state index contributed by atoms with van der Waals surface area (Å²) < 4.78 is 0. The number of rotatable bonds is 6. The highest BCUT2D eigenvalue weighted by Gasteiger charge is 2.26. The number of nitrogens with one attached hydrogen (secondary N) is 1. The van der Waals surface area contributed by atoms with E-state index in [1.807, 2.05) is 6.92 Å². The fourth-order valence-electron chi connectivity index (χ4n) is 2.41. The first kappa shape index (κ1) is 17.4. The molecule has 4 nitrogen and oxygen atoms in total. The lowest BCUT2D eigenvalue weighted by atomic mass is 9.94. The predicted molar refractivity (Wildman–Crippen MR) is 77.9 cm³/mol. The molecule has 0 saturated carbocycles. The molecule has 1 saturated heterocycles. The Hall–Kier alpha value is -0.580. The number of amides is 1. The maximum atomic E-state index is 11.8. The van der Waals surface area contributed by atoms with E-state index < -0.39 is 0 Å². The third kappa shape index (κ3) is 5.38. The van der Waals surface area contributed by atoms with Crippen molar-refractivity contribution >= 4 is 18.3 Å². The number of nitrogens with two attached hydrogens (primary N) is 1. The smallest absolute Gasteiger partial charge is 0.237 e. The van der Waals surface area contributed by atoms with Crippen LogP contribution in [-0.2, 0) is 4.79 Å². The maximum Gasteiger partial charge on any atom is 0.237 e. The zero-order chi connectivity index (χ0) is 12.7. The van der Waals surface area contributed by atoms with Gasteiger partial charge in [0.2, 0.25) is 5.91 Å². The van der Waals surface area contributed by atoms with Gasteiger partial charge < -0.3 is 11.1 Å². The Bertz CT molecular complexity index is 259. The molecular formula is C13H26ClN3O. The molecule has 0 bridgehead atoms. The average Bonchev–Trinajstić information content (AvgIpc) is 2.35. The zero-order valence-electron chi connectivity index (χ0n) is 11.2. The van der Waals surface area contributed by atoms with Crippen molar-refractivity contribution in [1.29, 1.82) is 0 Å². The normalized spacial score (nSPS) is 21.8. The molecule has 1 heterocycles. The van der Waals surface area contributed by atoms with Crippen LogP contribution in [0.4, 0.5) is 0 Å². The van der Waals surface area contributed by atoms with Crippen molar-refractivity contribution in [3.63, 3.8) is 0 Å². The van der Waals surface area contributed by atoms with Gasteiger partial charge in [-0.25, -0.2) is 0 Å². The lowest BCUT2D eigenvalue weighted by Crippen LogP contribution is -2.49. The molecule has 0 aromatic heterocycles. The molecule has 0 spiro atoms. The molecular weight excluding hydrogens is 250 g/mol. The van der Waals surface area contributed by atoms with Crippen LogP contribution in [-0.4, -0.2) is 43.0 Å². The van der Waals surface area contributed by atoms with Crippen molar-refractivity contribution in [3.05, 3.63) is 12.7 Å². The van der Waals surface area contributed by atoms with Crippen LogP contribution in [0, 0.1) is 5.92 Å². The second-order valence-corrected chi connectivity index (χ2v) is 4.79. The van der Waals surface area contributed by atoms with E-state index in [1.54, 1.807) is 6.08 Å². The maximum absolute atomic E-state index is 11.8. The number of likely N-dealkylation sites (tertiary alicyclic amines) is 1. The van der Waals surface area contributed by atoms with Crippen molar-refractivity contribution in [3.8, 4) is 0 Å². The Morgan fingerprint density at radius 2 is 2.39 bits per heavy atom. The van der Waals surface area contributed by atoms with Crippen molar-refractivity contribution in [2.24, 2.45) is 11.7 Å².